The van der Waals surface area contributed by atoms with E-state index in [0.717, 1.165) is 17.3 Å². The summed E-state index contributed by atoms with van der Waals surface area (Å²) in [6, 6.07) is 1.88. The van der Waals surface area contributed by atoms with Gasteiger partial charge in [0.2, 0.25) is 0 Å². The SMILES string of the molecule is Cc1ccnc(SC(C)CCO)n1. The molecule has 1 heterocycles. The minimum Gasteiger partial charge on any atom is -0.396 e. The Morgan fingerprint density at radius 2 is 2.38 bits per heavy atom. The molecule has 13 heavy (non-hydrogen) atoms. The van der Waals surface area contributed by atoms with Crippen molar-refractivity contribution in [2.75, 3.05) is 6.61 Å². The van der Waals surface area contributed by atoms with Crippen LogP contribution in [0.2, 0.25) is 0 Å². The first kappa shape index (κ1) is 10.5. The van der Waals surface area contributed by atoms with E-state index in [0.29, 0.717) is 5.25 Å². The maximum atomic E-state index is 8.72. The van der Waals surface area contributed by atoms with Crippen LogP contribution in [0.5, 0.6) is 0 Å². The Morgan fingerprint density at radius 3 is 3.00 bits per heavy atom. The molecular formula is C9H14N2OS. The highest BCUT2D eigenvalue weighted by Crippen LogP contribution is 2.20. The Hall–Kier alpha value is -0.610. The lowest BCUT2D eigenvalue weighted by Gasteiger charge is -2.07. The van der Waals surface area contributed by atoms with Crippen molar-refractivity contribution in [3.63, 3.8) is 0 Å². The highest BCUT2D eigenvalue weighted by atomic mass is 32.2. The molecule has 0 saturated heterocycles. The molecule has 4 heteroatoms. The lowest BCUT2D eigenvalue weighted by molar-refractivity contribution is 0.289. The minimum atomic E-state index is 0.222. The molecule has 1 rings (SSSR count). The first-order chi connectivity index (χ1) is 6.22. The third-order valence-electron chi connectivity index (χ3n) is 1.61. The second-order valence-corrected chi connectivity index (χ2v) is 4.33. The number of hydrogen-bond donors (Lipinski definition) is 1. The van der Waals surface area contributed by atoms with Gasteiger partial charge in [0.1, 0.15) is 0 Å². The third-order valence-corrected chi connectivity index (χ3v) is 2.66. The van der Waals surface area contributed by atoms with Crippen molar-refractivity contribution in [3.8, 4) is 0 Å². The number of nitrogens with zero attached hydrogens (tertiary/aromatic N) is 2. The number of aryl methyl sites for hydroxylation is 1. The fraction of sp³-hybridized carbons (Fsp3) is 0.556. The molecule has 1 aromatic rings. The van der Waals surface area contributed by atoms with Gasteiger partial charge in [-0.1, -0.05) is 18.7 Å². The van der Waals surface area contributed by atoms with Crippen molar-refractivity contribution in [1.82, 2.24) is 9.97 Å². The van der Waals surface area contributed by atoms with Crippen LogP contribution in [-0.4, -0.2) is 26.9 Å². The molecule has 0 aliphatic carbocycles. The summed E-state index contributed by atoms with van der Waals surface area (Å²) in [7, 11) is 0. The second kappa shape index (κ2) is 5.19. The second-order valence-electron chi connectivity index (χ2n) is 2.92. The molecule has 0 spiro atoms. The average Bonchev–Trinajstić information content (AvgIpc) is 2.04. The predicted molar refractivity (Wildman–Crippen MR) is 53.8 cm³/mol. The summed E-state index contributed by atoms with van der Waals surface area (Å²) in [6.45, 7) is 4.23. The topological polar surface area (TPSA) is 46.0 Å². The molecule has 1 N–H and O–H groups in total. The molecule has 0 aliphatic heterocycles. The highest BCUT2D eigenvalue weighted by molar-refractivity contribution is 7.99. The van der Waals surface area contributed by atoms with Crippen LogP contribution in [0.3, 0.4) is 0 Å². The van der Waals surface area contributed by atoms with Crippen LogP contribution in [0, 0.1) is 6.92 Å². The standard InChI is InChI=1S/C9H14N2OS/c1-7-3-5-10-9(11-7)13-8(2)4-6-12/h3,5,8,12H,4,6H2,1-2H3. The zero-order valence-corrected chi connectivity index (χ0v) is 8.71. The summed E-state index contributed by atoms with van der Waals surface area (Å²) in [4.78, 5) is 8.40. The number of aliphatic hydroxyl groups is 1. The fourth-order valence-electron chi connectivity index (χ4n) is 0.903. The van der Waals surface area contributed by atoms with Crippen molar-refractivity contribution in [2.45, 2.75) is 30.7 Å². The molecule has 1 aromatic heterocycles. The Morgan fingerprint density at radius 1 is 1.62 bits per heavy atom. The number of hydrogen-bond acceptors (Lipinski definition) is 4. The van der Waals surface area contributed by atoms with E-state index in [1.807, 2.05) is 13.0 Å². The Bertz CT molecular complexity index is 268. The van der Waals surface area contributed by atoms with E-state index in [2.05, 4.69) is 16.9 Å². The number of rotatable bonds is 4. The lowest BCUT2D eigenvalue weighted by atomic mass is 10.3. The van der Waals surface area contributed by atoms with E-state index in [4.69, 9.17) is 5.11 Å². The van der Waals surface area contributed by atoms with Crippen LogP contribution in [0.4, 0.5) is 0 Å². The van der Waals surface area contributed by atoms with Crippen molar-refractivity contribution < 1.29 is 5.11 Å². The summed E-state index contributed by atoms with van der Waals surface area (Å²) < 4.78 is 0. The first-order valence-electron chi connectivity index (χ1n) is 4.29. The van der Waals surface area contributed by atoms with Gasteiger partial charge in [-0.2, -0.15) is 0 Å². The first-order valence-corrected chi connectivity index (χ1v) is 5.17. The molecule has 1 unspecified atom stereocenters. The van der Waals surface area contributed by atoms with Gasteiger partial charge in [-0.3, -0.25) is 0 Å². The van der Waals surface area contributed by atoms with Gasteiger partial charge >= 0.3 is 0 Å². The monoisotopic (exact) mass is 198 g/mol. The smallest absolute Gasteiger partial charge is 0.187 e. The summed E-state index contributed by atoms with van der Waals surface area (Å²) >= 11 is 1.60. The summed E-state index contributed by atoms with van der Waals surface area (Å²) in [6.07, 6.45) is 2.54. The van der Waals surface area contributed by atoms with Crippen LogP contribution in [0.1, 0.15) is 19.0 Å². The zero-order chi connectivity index (χ0) is 9.68. The normalized spacial score (nSPS) is 12.8. The van der Waals surface area contributed by atoms with Gasteiger partial charge in [-0.15, -0.1) is 0 Å². The van der Waals surface area contributed by atoms with Crippen LogP contribution in [-0.2, 0) is 0 Å². The molecule has 1 atom stereocenters. The largest absolute Gasteiger partial charge is 0.396 e. The van der Waals surface area contributed by atoms with E-state index in [9.17, 15) is 0 Å². The van der Waals surface area contributed by atoms with Crippen LogP contribution >= 0.6 is 11.8 Å². The van der Waals surface area contributed by atoms with Crippen LogP contribution in [0.25, 0.3) is 0 Å². The fourth-order valence-corrected chi connectivity index (χ4v) is 1.80. The highest BCUT2D eigenvalue weighted by Gasteiger charge is 2.05. The quantitative estimate of drug-likeness (QED) is 0.590. The van der Waals surface area contributed by atoms with E-state index in [1.165, 1.54) is 0 Å². The average molecular weight is 198 g/mol. The molecule has 3 nitrogen and oxygen atoms in total. The third kappa shape index (κ3) is 3.74. The Labute approximate surface area is 82.6 Å². The Kier molecular flexibility index (Phi) is 4.18. The van der Waals surface area contributed by atoms with Crippen molar-refractivity contribution in [1.29, 1.82) is 0 Å². The zero-order valence-electron chi connectivity index (χ0n) is 7.90. The molecule has 0 radical (unpaired) electrons. The van der Waals surface area contributed by atoms with Gasteiger partial charge in [-0.05, 0) is 19.4 Å². The number of aliphatic hydroxyl groups excluding tert-OH is 1. The number of thioether (sulfide) groups is 1. The van der Waals surface area contributed by atoms with Crippen molar-refractivity contribution in [3.05, 3.63) is 18.0 Å². The van der Waals surface area contributed by atoms with E-state index in [-0.39, 0.29) is 6.61 Å². The van der Waals surface area contributed by atoms with E-state index in [1.54, 1.807) is 18.0 Å². The van der Waals surface area contributed by atoms with Crippen molar-refractivity contribution in [2.24, 2.45) is 0 Å². The number of aromatic nitrogens is 2. The van der Waals surface area contributed by atoms with Gasteiger partial charge in [0.25, 0.3) is 0 Å². The molecule has 0 saturated carbocycles. The molecule has 0 fully saturated rings. The molecule has 0 aromatic carbocycles. The minimum absolute atomic E-state index is 0.222. The maximum absolute atomic E-state index is 8.72. The van der Waals surface area contributed by atoms with Gasteiger partial charge < -0.3 is 5.11 Å². The summed E-state index contributed by atoms with van der Waals surface area (Å²) in [5.74, 6) is 0. The molecule has 0 amide bonds. The molecule has 0 aliphatic rings. The van der Waals surface area contributed by atoms with Gasteiger partial charge in [-0.25, -0.2) is 9.97 Å². The summed E-state index contributed by atoms with van der Waals surface area (Å²) in [5, 5.41) is 9.88. The lowest BCUT2D eigenvalue weighted by Crippen LogP contribution is -2.01. The van der Waals surface area contributed by atoms with E-state index >= 15 is 0 Å². The van der Waals surface area contributed by atoms with Crippen LogP contribution < -0.4 is 0 Å². The van der Waals surface area contributed by atoms with Crippen LogP contribution in [0.15, 0.2) is 17.4 Å². The maximum Gasteiger partial charge on any atom is 0.187 e. The van der Waals surface area contributed by atoms with Gasteiger partial charge in [0, 0.05) is 23.7 Å². The Balaban J connectivity index is 2.53. The molecular weight excluding hydrogens is 184 g/mol. The van der Waals surface area contributed by atoms with Crippen molar-refractivity contribution >= 4 is 11.8 Å². The molecule has 72 valence electrons. The predicted octanol–water partition coefficient (Wildman–Crippen LogP) is 1.65. The molecule has 0 bridgehead atoms. The summed E-state index contributed by atoms with van der Waals surface area (Å²) in [5.41, 5.74) is 0.980. The van der Waals surface area contributed by atoms with Gasteiger partial charge in [0.15, 0.2) is 5.16 Å². The van der Waals surface area contributed by atoms with E-state index < -0.39 is 0 Å². The van der Waals surface area contributed by atoms with Gasteiger partial charge in [0.05, 0.1) is 0 Å².